The number of hydrogen-bond donors (Lipinski definition) is 1. The Morgan fingerprint density at radius 3 is 2.77 bits per heavy atom. The van der Waals surface area contributed by atoms with Crippen LogP contribution in [-0.2, 0) is 4.74 Å². The fourth-order valence-corrected chi connectivity index (χ4v) is 2.74. The molecular weight excluding hydrogens is 330 g/mol. The summed E-state index contributed by atoms with van der Waals surface area (Å²) in [5.41, 5.74) is 0.849. The first-order valence-electron chi connectivity index (χ1n) is 9.11. The highest BCUT2D eigenvalue weighted by atomic mass is 16.5. The summed E-state index contributed by atoms with van der Waals surface area (Å²) < 4.78 is 17.5. The molecule has 1 N–H and O–H groups in total. The molecule has 0 atom stereocenters. The normalized spacial score (nSPS) is 17.8. The van der Waals surface area contributed by atoms with Crippen LogP contribution >= 0.6 is 0 Å². The third-order valence-corrected chi connectivity index (χ3v) is 4.33. The lowest BCUT2D eigenvalue weighted by atomic mass is 10.2. The molecule has 1 aromatic heterocycles. The summed E-state index contributed by atoms with van der Waals surface area (Å²) in [5, 5.41) is 3.47. The smallest absolute Gasteiger partial charge is 0.230 e. The van der Waals surface area contributed by atoms with Crippen LogP contribution in [0, 0.1) is 5.92 Å². The van der Waals surface area contributed by atoms with Gasteiger partial charge in [-0.3, -0.25) is 4.99 Å². The third kappa shape index (κ3) is 4.32. The molecule has 0 radical (unpaired) electrons. The molecule has 1 fully saturated rings. The van der Waals surface area contributed by atoms with E-state index in [0.29, 0.717) is 43.7 Å². The summed E-state index contributed by atoms with van der Waals surface area (Å²) in [6.07, 6.45) is 4.29. The predicted molar refractivity (Wildman–Crippen MR) is 99.2 cm³/mol. The van der Waals surface area contributed by atoms with Crippen molar-refractivity contribution >= 4 is 5.84 Å². The Morgan fingerprint density at radius 2 is 1.88 bits per heavy atom. The second-order valence-electron chi connectivity index (χ2n) is 6.42. The molecule has 0 spiro atoms. The van der Waals surface area contributed by atoms with Crippen LogP contribution in [0.5, 0.6) is 17.4 Å². The molecule has 2 aromatic rings. The van der Waals surface area contributed by atoms with Gasteiger partial charge in [-0.05, 0) is 43.0 Å². The van der Waals surface area contributed by atoms with Crippen LogP contribution in [0.3, 0.4) is 0 Å². The highest BCUT2D eigenvalue weighted by Crippen LogP contribution is 2.32. The van der Waals surface area contributed by atoms with Crippen LogP contribution in [0.2, 0.25) is 0 Å². The molecule has 4 rings (SSSR count). The van der Waals surface area contributed by atoms with E-state index >= 15 is 0 Å². The maximum absolute atomic E-state index is 6.11. The first-order valence-corrected chi connectivity index (χ1v) is 9.11. The molecule has 0 unspecified atom stereocenters. The first-order chi connectivity index (χ1) is 12.9. The predicted octanol–water partition coefficient (Wildman–Crippen LogP) is 3.03. The zero-order chi connectivity index (χ0) is 17.6. The van der Waals surface area contributed by atoms with Crippen molar-refractivity contribution in [3.63, 3.8) is 0 Å². The lowest BCUT2D eigenvalue weighted by Crippen LogP contribution is -2.28. The maximum atomic E-state index is 6.11. The highest BCUT2D eigenvalue weighted by molar-refractivity contribution is 6.00. The number of aromatic nitrogens is 1. The van der Waals surface area contributed by atoms with E-state index < -0.39 is 0 Å². The molecule has 2 aliphatic rings. The molecule has 0 amide bonds. The van der Waals surface area contributed by atoms with E-state index in [1.807, 2.05) is 36.4 Å². The molecule has 1 aromatic carbocycles. The van der Waals surface area contributed by atoms with E-state index in [4.69, 9.17) is 19.2 Å². The molecule has 1 aliphatic carbocycles. The van der Waals surface area contributed by atoms with Gasteiger partial charge < -0.3 is 19.5 Å². The Hall–Kier alpha value is -2.60. The Kier molecular flexibility index (Phi) is 5.30. The fraction of sp³-hybridized carbons (Fsp3) is 0.400. The minimum atomic E-state index is 0.464. The monoisotopic (exact) mass is 353 g/mol. The molecule has 2 heterocycles. The fourth-order valence-electron chi connectivity index (χ4n) is 2.74. The topological polar surface area (TPSA) is 65.0 Å². The zero-order valence-corrected chi connectivity index (χ0v) is 14.7. The van der Waals surface area contributed by atoms with Crippen molar-refractivity contribution in [2.24, 2.45) is 10.9 Å². The van der Waals surface area contributed by atoms with Crippen LogP contribution < -0.4 is 14.8 Å². The van der Waals surface area contributed by atoms with Gasteiger partial charge in [0.2, 0.25) is 5.88 Å². The molecule has 6 heteroatoms. The number of ether oxygens (including phenoxy) is 3. The Bertz CT molecular complexity index is 774. The van der Waals surface area contributed by atoms with Crippen molar-refractivity contribution in [3.8, 4) is 17.4 Å². The first kappa shape index (κ1) is 16.8. The Balaban J connectivity index is 1.67. The van der Waals surface area contributed by atoms with Gasteiger partial charge in [-0.25, -0.2) is 4.98 Å². The van der Waals surface area contributed by atoms with Gasteiger partial charge in [0.05, 0.1) is 25.3 Å². The Labute approximate surface area is 153 Å². The van der Waals surface area contributed by atoms with Crippen molar-refractivity contribution in [3.05, 3.63) is 48.2 Å². The maximum Gasteiger partial charge on any atom is 0.230 e. The van der Waals surface area contributed by atoms with E-state index in [9.17, 15) is 0 Å². The number of fused-ring (bicyclic) bond motifs is 2. The standard InChI is InChI=1S/C20H23N3O3/c1-2-6-18-17(5-1)25-13-12-24-11-10-21-19(23-14-15-7-8-15)16-4-3-9-22-20(16)26-18/h1-6,9,15H,7-8,10-14H2,(H,21,23). The van der Waals surface area contributed by atoms with Gasteiger partial charge in [-0.1, -0.05) is 12.1 Å². The number of hydrogen-bond acceptors (Lipinski definition) is 6. The van der Waals surface area contributed by atoms with Crippen molar-refractivity contribution in [1.82, 2.24) is 10.3 Å². The number of amidine groups is 1. The van der Waals surface area contributed by atoms with Gasteiger partial charge >= 0.3 is 0 Å². The van der Waals surface area contributed by atoms with Crippen molar-refractivity contribution < 1.29 is 14.2 Å². The average Bonchev–Trinajstić information content (AvgIpc) is 3.49. The highest BCUT2D eigenvalue weighted by Gasteiger charge is 2.22. The van der Waals surface area contributed by atoms with Crippen molar-refractivity contribution in [2.45, 2.75) is 12.8 Å². The van der Waals surface area contributed by atoms with Gasteiger partial charge in [-0.2, -0.15) is 0 Å². The molecule has 6 nitrogen and oxygen atoms in total. The molecular formula is C20H23N3O3. The average molecular weight is 353 g/mol. The second-order valence-corrected chi connectivity index (χ2v) is 6.42. The van der Waals surface area contributed by atoms with E-state index in [0.717, 1.165) is 23.9 Å². The lowest BCUT2D eigenvalue weighted by molar-refractivity contribution is 0.105. The summed E-state index contributed by atoms with van der Waals surface area (Å²) >= 11 is 0. The molecule has 136 valence electrons. The van der Waals surface area contributed by atoms with Crippen LogP contribution in [0.25, 0.3) is 0 Å². The largest absolute Gasteiger partial charge is 0.487 e. The SMILES string of the molecule is c1ccc2c(c1)OCCOCCN=C(NCC1CC1)c1cccnc1O2. The number of benzene rings is 1. The van der Waals surface area contributed by atoms with E-state index in [-0.39, 0.29) is 0 Å². The van der Waals surface area contributed by atoms with Crippen LogP contribution in [0.15, 0.2) is 47.6 Å². The van der Waals surface area contributed by atoms with Gasteiger partial charge in [0.15, 0.2) is 11.5 Å². The zero-order valence-electron chi connectivity index (χ0n) is 14.7. The number of aliphatic imine (C=N–C) groups is 1. The van der Waals surface area contributed by atoms with E-state index in [2.05, 4.69) is 10.3 Å². The summed E-state index contributed by atoms with van der Waals surface area (Å²) in [6, 6.07) is 11.5. The van der Waals surface area contributed by atoms with Gasteiger partial charge in [0.25, 0.3) is 0 Å². The number of pyridine rings is 1. The summed E-state index contributed by atoms with van der Waals surface area (Å²) in [5.74, 6) is 3.38. The van der Waals surface area contributed by atoms with Crippen LogP contribution in [0.1, 0.15) is 18.4 Å². The van der Waals surface area contributed by atoms with E-state index in [1.54, 1.807) is 6.20 Å². The molecule has 1 aliphatic heterocycles. The minimum absolute atomic E-state index is 0.464. The van der Waals surface area contributed by atoms with Gasteiger partial charge in [-0.15, -0.1) is 0 Å². The number of para-hydroxylation sites is 2. The Morgan fingerprint density at radius 1 is 1.00 bits per heavy atom. The van der Waals surface area contributed by atoms with Crippen LogP contribution in [0.4, 0.5) is 0 Å². The molecule has 26 heavy (non-hydrogen) atoms. The summed E-state index contributed by atoms with van der Waals surface area (Å²) in [4.78, 5) is 9.14. The lowest BCUT2D eigenvalue weighted by Gasteiger charge is -2.15. The molecule has 1 saturated carbocycles. The number of nitrogens with zero attached hydrogens (tertiary/aromatic N) is 2. The van der Waals surface area contributed by atoms with E-state index in [1.165, 1.54) is 12.8 Å². The number of rotatable bonds is 2. The molecule has 0 bridgehead atoms. The van der Waals surface area contributed by atoms with Gasteiger partial charge in [0, 0.05) is 12.7 Å². The minimum Gasteiger partial charge on any atom is -0.487 e. The quantitative estimate of drug-likeness (QED) is 0.899. The van der Waals surface area contributed by atoms with Crippen molar-refractivity contribution in [1.29, 1.82) is 0 Å². The molecule has 0 saturated heterocycles. The second kappa shape index (κ2) is 8.19. The van der Waals surface area contributed by atoms with Gasteiger partial charge in [0.1, 0.15) is 12.4 Å². The van der Waals surface area contributed by atoms with Crippen molar-refractivity contribution in [2.75, 3.05) is 32.9 Å². The third-order valence-electron chi connectivity index (χ3n) is 4.33. The summed E-state index contributed by atoms with van der Waals surface area (Å²) in [7, 11) is 0. The number of nitrogens with one attached hydrogen (secondary N) is 1. The summed E-state index contributed by atoms with van der Waals surface area (Å²) in [6.45, 7) is 3.03. The van der Waals surface area contributed by atoms with Crippen LogP contribution in [-0.4, -0.2) is 43.7 Å².